The summed E-state index contributed by atoms with van der Waals surface area (Å²) in [5.74, 6) is 0.158. The zero-order valence-corrected chi connectivity index (χ0v) is 12.9. The van der Waals surface area contributed by atoms with Gasteiger partial charge in [0.25, 0.3) is 0 Å². The molecule has 1 aliphatic carbocycles. The van der Waals surface area contributed by atoms with E-state index in [2.05, 4.69) is 13.2 Å². The number of hydrogen-bond donors (Lipinski definition) is 0. The average molecular weight is 300 g/mol. The molecule has 0 amide bonds. The first-order valence-corrected chi connectivity index (χ1v) is 6.99. The average Bonchev–Trinajstić information content (AvgIpc) is 2.53. The van der Waals surface area contributed by atoms with Crippen LogP contribution in [0.1, 0.15) is 20.3 Å². The van der Waals surface area contributed by atoms with Gasteiger partial charge >= 0.3 is 11.9 Å². The maximum absolute atomic E-state index is 11.2. The molecule has 0 aromatic carbocycles. The molecule has 1 rings (SSSR count). The summed E-state index contributed by atoms with van der Waals surface area (Å²) >= 11 is 0. The number of allylic oxidation sites excluding steroid dienone is 7. The molecule has 22 heavy (non-hydrogen) atoms. The molecule has 0 radical (unpaired) electrons. The van der Waals surface area contributed by atoms with Crippen LogP contribution in [0.2, 0.25) is 0 Å². The Hall–Kier alpha value is -2.62. The van der Waals surface area contributed by atoms with Crippen molar-refractivity contribution < 1.29 is 19.1 Å². The Kier molecular flexibility index (Phi) is 6.83. The fourth-order valence-electron chi connectivity index (χ4n) is 1.70. The highest BCUT2D eigenvalue weighted by Gasteiger charge is 2.11. The largest absolute Gasteiger partial charge is 0.428 e. The molecule has 0 fully saturated rings. The summed E-state index contributed by atoms with van der Waals surface area (Å²) in [6.07, 6.45) is 11.8. The Morgan fingerprint density at radius 2 is 1.95 bits per heavy atom. The molecule has 0 spiro atoms. The van der Waals surface area contributed by atoms with Gasteiger partial charge in [0.1, 0.15) is 11.5 Å². The molecule has 0 aromatic heterocycles. The molecule has 0 aromatic rings. The molecular weight excluding hydrogens is 280 g/mol. The Morgan fingerprint density at radius 3 is 2.55 bits per heavy atom. The lowest BCUT2D eigenvalue weighted by Gasteiger charge is -2.15. The van der Waals surface area contributed by atoms with Crippen molar-refractivity contribution in [2.24, 2.45) is 5.92 Å². The Morgan fingerprint density at radius 1 is 1.27 bits per heavy atom. The second-order valence-electron chi connectivity index (χ2n) is 4.60. The van der Waals surface area contributed by atoms with E-state index in [1.165, 1.54) is 0 Å². The third kappa shape index (κ3) is 5.40. The molecule has 0 aliphatic heterocycles. The first kappa shape index (κ1) is 17.4. The maximum Gasteiger partial charge on any atom is 0.335 e. The van der Waals surface area contributed by atoms with Gasteiger partial charge in [0.05, 0.1) is 0 Å². The molecule has 0 saturated carbocycles. The quantitative estimate of drug-likeness (QED) is 0.426. The second kappa shape index (κ2) is 8.62. The fourth-order valence-corrected chi connectivity index (χ4v) is 1.70. The monoisotopic (exact) mass is 300 g/mol. The van der Waals surface area contributed by atoms with Crippen molar-refractivity contribution >= 4 is 11.9 Å². The van der Waals surface area contributed by atoms with Gasteiger partial charge in [-0.25, -0.2) is 9.59 Å². The number of carbonyl (C=O) groups is 2. The molecule has 0 saturated heterocycles. The summed E-state index contributed by atoms with van der Waals surface area (Å²) in [5, 5.41) is 0. The van der Waals surface area contributed by atoms with Crippen molar-refractivity contribution in [2.45, 2.75) is 20.3 Å². The van der Waals surface area contributed by atoms with Crippen LogP contribution in [0.5, 0.6) is 0 Å². The van der Waals surface area contributed by atoms with Crippen LogP contribution in [0.15, 0.2) is 72.8 Å². The second-order valence-corrected chi connectivity index (χ2v) is 4.60. The van der Waals surface area contributed by atoms with Gasteiger partial charge in [0.15, 0.2) is 0 Å². The molecule has 0 N–H and O–H groups in total. The molecule has 4 heteroatoms. The first-order chi connectivity index (χ1) is 10.5. The van der Waals surface area contributed by atoms with E-state index in [1.807, 2.05) is 26.0 Å². The lowest BCUT2D eigenvalue weighted by Crippen LogP contribution is -2.05. The van der Waals surface area contributed by atoms with Gasteiger partial charge in [0.2, 0.25) is 0 Å². The first-order valence-electron chi connectivity index (χ1n) is 6.99. The molecule has 1 atom stereocenters. The zero-order chi connectivity index (χ0) is 16.5. The molecule has 0 bridgehead atoms. The van der Waals surface area contributed by atoms with Crippen LogP contribution in [0.4, 0.5) is 0 Å². The van der Waals surface area contributed by atoms with E-state index >= 15 is 0 Å². The van der Waals surface area contributed by atoms with Crippen LogP contribution in [0, 0.1) is 5.92 Å². The standard InChI is InChI=1S/C18H20O4/c1-5-15(21-17(19)6-2)11-9-14-12-16(10-8-13(14)4)22-18(20)7-3/h6-13H,2-3,5H2,1,4H3/b14-9-,15-11+. The number of rotatable bonds is 6. The summed E-state index contributed by atoms with van der Waals surface area (Å²) in [6.45, 7) is 10.6. The van der Waals surface area contributed by atoms with E-state index in [9.17, 15) is 9.59 Å². The number of carbonyl (C=O) groups excluding carboxylic acids is 2. The van der Waals surface area contributed by atoms with Crippen LogP contribution < -0.4 is 0 Å². The molecule has 116 valence electrons. The minimum atomic E-state index is -0.505. The minimum Gasteiger partial charge on any atom is -0.428 e. The smallest absolute Gasteiger partial charge is 0.335 e. The van der Waals surface area contributed by atoms with Crippen LogP contribution in [0.3, 0.4) is 0 Å². The van der Waals surface area contributed by atoms with Crippen molar-refractivity contribution in [2.75, 3.05) is 0 Å². The molecule has 4 nitrogen and oxygen atoms in total. The van der Waals surface area contributed by atoms with E-state index in [0.717, 1.165) is 17.7 Å². The summed E-state index contributed by atoms with van der Waals surface area (Å²) in [5.41, 5.74) is 0.940. The van der Waals surface area contributed by atoms with Crippen LogP contribution in [0.25, 0.3) is 0 Å². The van der Waals surface area contributed by atoms with E-state index in [-0.39, 0.29) is 5.92 Å². The van der Waals surface area contributed by atoms with Gasteiger partial charge in [0, 0.05) is 18.6 Å². The van der Waals surface area contributed by atoms with Gasteiger partial charge in [-0.2, -0.15) is 0 Å². The normalized spacial score (nSPS) is 19.4. The summed E-state index contributed by atoms with van der Waals surface area (Å²) in [6, 6.07) is 0. The Bertz CT molecular complexity index is 588. The van der Waals surface area contributed by atoms with Crippen LogP contribution in [-0.4, -0.2) is 11.9 Å². The van der Waals surface area contributed by atoms with Gasteiger partial charge in [-0.05, 0) is 29.7 Å². The molecule has 1 aliphatic rings. The van der Waals surface area contributed by atoms with E-state index < -0.39 is 11.9 Å². The lowest BCUT2D eigenvalue weighted by molar-refractivity contribution is -0.134. The van der Waals surface area contributed by atoms with Crippen molar-refractivity contribution in [1.82, 2.24) is 0 Å². The molecule has 1 unspecified atom stereocenters. The van der Waals surface area contributed by atoms with Crippen LogP contribution in [-0.2, 0) is 19.1 Å². The lowest BCUT2D eigenvalue weighted by atomic mass is 9.95. The number of ether oxygens (including phenoxy) is 2. The highest BCUT2D eigenvalue weighted by atomic mass is 16.5. The zero-order valence-electron chi connectivity index (χ0n) is 12.9. The van der Waals surface area contributed by atoms with Crippen LogP contribution >= 0.6 is 0 Å². The van der Waals surface area contributed by atoms with Gasteiger partial charge < -0.3 is 9.47 Å². The third-order valence-electron chi connectivity index (χ3n) is 2.98. The van der Waals surface area contributed by atoms with Gasteiger partial charge in [-0.3, -0.25) is 0 Å². The summed E-state index contributed by atoms with van der Waals surface area (Å²) in [7, 11) is 0. The Labute approximate surface area is 130 Å². The summed E-state index contributed by atoms with van der Waals surface area (Å²) in [4.78, 5) is 22.4. The number of hydrogen-bond acceptors (Lipinski definition) is 4. The highest BCUT2D eigenvalue weighted by molar-refractivity contribution is 5.82. The van der Waals surface area contributed by atoms with Gasteiger partial charge in [-0.15, -0.1) is 0 Å². The van der Waals surface area contributed by atoms with E-state index in [0.29, 0.717) is 17.9 Å². The van der Waals surface area contributed by atoms with Crippen molar-refractivity contribution in [3.05, 3.63) is 72.8 Å². The fraction of sp³-hybridized carbons (Fsp3) is 0.222. The predicted molar refractivity (Wildman–Crippen MR) is 85.4 cm³/mol. The van der Waals surface area contributed by atoms with E-state index in [4.69, 9.17) is 9.47 Å². The van der Waals surface area contributed by atoms with Crippen molar-refractivity contribution in [1.29, 1.82) is 0 Å². The summed E-state index contributed by atoms with van der Waals surface area (Å²) < 4.78 is 10.2. The maximum atomic E-state index is 11.2. The van der Waals surface area contributed by atoms with Gasteiger partial charge in [-0.1, -0.05) is 39.2 Å². The minimum absolute atomic E-state index is 0.163. The Balaban J connectivity index is 2.93. The van der Waals surface area contributed by atoms with Crippen molar-refractivity contribution in [3.8, 4) is 0 Å². The van der Waals surface area contributed by atoms with E-state index in [1.54, 1.807) is 18.2 Å². The molecular formula is C18H20O4. The van der Waals surface area contributed by atoms with Crippen molar-refractivity contribution in [3.63, 3.8) is 0 Å². The highest BCUT2D eigenvalue weighted by Crippen LogP contribution is 2.23. The predicted octanol–water partition coefficient (Wildman–Crippen LogP) is 3.75. The molecule has 0 heterocycles. The SMILES string of the molecule is C=CC(=O)OC1=C/C(=C/C=C(\CC)OC(=O)C=C)C(C)C=C1. The topological polar surface area (TPSA) is 52.6 Å². The number of esters is 2. The third-order valence-corrected chi connectivity index (χ3v) is 2.98.